The van der Waals surface area contributed by atoms with Crippen molar-refractivity contribution in [1.82, 2.24) is 29.9 Å². The van der Waals surface area contributed by atoms with Crippen LogP contribution in [0.5, 0.6) is 0 Å². The number of hydrogen-bond acceptors (Lipinski definition) is 10. The van der Waals surface area contributed by atoms with Crippen LogP contribution >= 0.6 is 0 Å². The smallest absolute Gasteiger partial charge is 0.433 e. The molecule has 0 bridgehead atoms. The lowest BCUT2D eigenvalue weighted by Gasteiger charge is -2.12. The average molecular weight is 857 g/mol. The van der Waals surface area contributed by atoms with E-state index < -0.39 is 53.8 Å². The average Bonchev–Trinajstić information content (AvgIpc) is 3.17. The predicted octanol–water partition coefficient (Wildman–Crippen LogP) is 9.88. The summed E-state index contributed by atoms with van der Waals surface area (Å²) in [6.45, 7) is 3.56. The molecule has 316 valence electrons. The summed E-state index contributed by atoms with van der Waals surface area (Å²) < 4.78 is 117. The number of pyridine rings is 2. The lowest BCUT2D eigenvalue weighted by molar-refractivity contribution is -0.164. The van der Waals surface area contributed by atoms with Crippen molar-refractivity contribution >= 4 is 41.3 Å². The Balaban J connectivity index is 0.000000231. The maximum absolute atomic E-state index is 13.3. The number of alkyl halides is 8. The minimum atomic E-state index is -4.61. The summed E-state index contributed by atoms with van der Waals surface area (Å²) in [5.41, 5.74) is 2.80. The largest absolute Gasteiger partial charge is 0.477 e. The normalized spacial score (nSPS) is 12.0. The summed E-state index contributed by atoms with van der Waals surface area (Å²) in [5, 5.41) is 22.6. The first-order valence-corrected chi connectivity index (χ1v) is 17.3. The predicted molar refractivity (Wildman–Crippen MR) is 202 cm³/mol. The zero-order valence-corrected chi connectivity index (χ0v) is 31.3. The molecule has 0 unspecified atom stereocenters. The number of hydrogen-bond donors (Lipinski definition) is 4. The highest BCUT2D eigenvalue weighted by atomic mass is 19.4. The van der Waals surface area contributed by atoms with Crippen molar-refractivity contribution in [3.05, 3.63) is 137 Å². The Morgan fingerprint density at radius 2 is 1.10 bits per heavy atom. The third-order valence-electron chi connectivity index (χ3n) is 8.03. The number of carbonyl (C=O) groups is 2. The molecule has 4 N–H and O–H groups in total. The Morgan fingerprint density at radius 3 is 1.49 bits per heavy atom. The second-order valence-corrected chi connectivity index (χ2v) is 12.9. The van der Waals surface area contributed by atoms with E-state index in [0.717, 1.165) is 41.7 Å². The van der Waals surface area contributed by atoms with Crippen LogP contribution in [-0.4, -0.2) is 58.0 Å². The van der Waals surface area contributed by atoms with Gasteiger partial charge in [0.2, 0.25) is 17.7 Å². The number of aryl methyl sites for hydroxylation is 2. The minimum absolute atomic E-state index is 0.0977. The number of benzene rings is 2. The lowest BCUT2D eigenvalue weighted by atomic mass is 10.0. The summed E-state index contributed by atoms with van der Waals surface area (Å²) in [4.78, 5) is 43.5. The Kier molecular flexibility index (Phi) is 13.3. The van der Waals surface area contributed by atoms with Crippen LogP contribution in [0.25, 0.3) is 28.3 Å². The molecular formula is C40H29F9N8O4. The Bertz CT molecular complexity index is 2570. The fourth-order valence-corrected chi connectivity index (χ4v) is 5.31. The van der Waals surface area contributed by atoms with Crippen LogP contribution in [0, 0.1) is 13.8 Å². The fraction of sp³-hybridized carbons (Fsp3) is 0.150. The van der Waals surface area contributed by atoms with Gasteiger partial charge in [-0.3, -0.25) is 9.97 Å². The molecule has 0 aliphatic heterocycles. The summed E-state index contributed by atoms with van der Waals surface area (Å²) >= 11 is 0. The fourth-order valence-electron chi connectivity index (χ4n) is 5.31. The Morgan fingerprint density at radius 1 is 0.623 bits per heavy atom. The van der Waals surface area contributed by atoms with Crippen LogP contribution < -0.4 is 10.6 Å². The first kappa shape index (κ1) is 44.6. The molecule has 2 aromatic carbocycles. The molecule has 6 rings (SSSR count). The highest BCUT2D eigenvalue weighted by Crippen LogP contribution is 2.32. The highest BCUT2D eigenvalue weighted by molar-refractivity contribution is 5.89. The quantitative estimate of drug-likeness (QED) is 0.0718. The zero-order valence-electron chi connectivity index (χ0n) is 31.3. The number of rotatable bonds is 11. The molecule has 21 heteroatoms. The number of aromatic nitrogens is 6. The third-order valence-corrected chi connectivity index (χ3v) is 8.03. The minimum Gasteiger partial charge on any atom is -0.477 e. The van der Waals surface area contributed by atoms with E-state index in [2.05, 4.69) is 40.5 Å². The van der Waals surface area contributed by atoms with Crippen LogP contribution in [0.15, 0.2) is 103 Å². The first-order valence-electron chi connectivity index (χ1n) is 17.3. The summed E-state index contributed by atoms with van der Waals surface area (Å²) in [5.74, 6) is -9.63. The number of aliphatic carboxylic acids is 2. The van der Waals surface area contributed by atoms with Crippen LogP contribution in [0.4, 0.5) is 62.8 Å². The maximum Gasteiger partial charge on any atom is 0.433 e. The van der Waals surface area contributed by atoms with E-state index in [9.17, 15) is 49.1 Å². The van der Waals surface area contributed by atoms with E-state index in [4.69, 9.17) is 10.2 Å². The van der Waals surface area contributed by atoms with Gasteiger partial charge in [-0.25, -0.2) is 29.5 Å². The van der Waals surface area contributed by atoms with Gasteiger partial charge in [0.05, 0.1) is 12.1 Å². The lowest BCUT2D eigenvalue weighted by Crippen LogP contribution is -2.31. The highest BCUT2D eigenvalue weighted by Gasteiger charge is 2.39. The first-order chi connectivity index (χ1) is 28.5. The van der Waals surface area contributed by atoms with E-state index in [-0.39, 0.29) is 23.3 Å². The number of carboxylic acids is 2. The van der Waals surface area contributed by atoms with Gasteiger partial charge in [0.1, 0.15) is 11.4 Å². The molecule has 0 aliphatic carbocycles. The van der Waals surface area contributed by atoms with Crippen molar-refractivity contribution in [2.75, 3.05) is 10.6 Å². The van der Waals surface area contributed by atoms with Gasteiger partial charge in [-0.1, -0.05) is 24.3 Å². The van der Waals surface area contributed by atoms with Gasteiger partial charge >= 0.3 is 30.2 Å². The van der Waals surface area contributed by atoms with Crippen molar-refractivity contribution in [1.29, 1.82) is 0 Å². The zero-order chi connectivity index (χ0) is 44.7. The van der Waals surface area contributed by atoms with Gasteiger partial charge in [-0.2, -0.15) is 39.5 Å². The number of halogens is 9. The number of nitrogens with zero attached hydrogens (tertiary/aromatic N) is 6. The summed E-state index contributed by atoms with van der Waals surface area (Å²) in [7, 11) is 0. The molecule has 12 nitrogen and oxygen atoms in total. The van der Waals surface area contributed by atoms with Gasteiger partial charge in [-0.05, 0) is 84.6 Å². The van der Waals surface area contributed by atoms with Gasteiger partial charge in [0.15, 0.2) is 0 Å². The van der Waals surface area contributed by atoms with Crippen molar-refractivity contribution in [2.24, 2.45) is 0 Å². The topological polar surface area (TPSA) is 176 Å². The summed E-state index contributed by atoms with van der Waals surface area (Å²) in [6.07, 6.45) is -4.70. The molecule has 4 heterocycles. The van der Waals surface area contributed by atoms with E-state index in [0.29, 0.717) is 33.6 Å². The van der Waals surface area contributed by atoms with Crippen molar-refractivity contribution in [3.63, 3.8) is 0 Å². The molecular weight excluding hydrogens is 827 g/mol. The second-order valence-electron chi connectivity index (χ2n) is 12.9. The monoisotopic (exact) mass is 856 g/mol. The molecule has 0 fully saturated rings. The molecule has 0 saturated carbocycles. The standard InChI is InChI=1S/C20H15F5N4O2.C20H14F4N4O2/c1-11-6-13(12-2-3-14(27-10-12)9-19(21,22)17(30)31)8-15(7-11)28-18-26-5-4-16(29-18)20(23,24)25;1-11-6-13(12-2-3-14(26-10-12)9-16(21)18(29)30)8-15(7-11)27-19-25-5-4-17(28-19)20(22,23)24/h2-8,10H,9H2,1H3,(H,30,31)(H,26,28,29);2-10H,1H3,(H,29,30)(H,25,27,28)/b;16-9+. The van der Waals surface area contributed by atoms with Crippen LogP contribution in [-0.2, 0) is 28.4 Å². The van der Waals surface area contributed by atoms with Gasteiger partial charge in [0, 0.05) is 59.1 Å². The van der Waals surface area contributed by atoms with Crippen LogP contribution in [0.3, 0.4) is 0 Å². The van der Waals surface area contributed by atoms with E-state index in [1.165, 1.54) is 30.6 Å². The van der Waals surface area contributed by atoms with Crippen LogP contribution in [0.2, 0.25) is 0 Å². The van der Waals surface area contributed by atoms with Crippen molar-refractivity contribution < 1.29 is 59.3 Å². The second kappa shape index (κ2) is 18.2. The third kappa shape index (κ3) is 12.5. The number of anilines is 4. The van der Waals surface area contributed by atoms with Crippen molar-refractivity contribution in [3.8, 4) is 22.3 Å². The van der Waals surface area contributed by atoms with E-state index in [1.54, 1.807) is 50.2 Å². The molecule has 0 spiro atoms. The SMILES string of the molecule is Cc1cc(Nc2nccc(C(F)(F)F)n2)cc(-c2ccc(/C=C(/F)C(=O)O)nc2)c1.Cc1cc(Nc2nccc(C(F)(F)F)n2)cc(-c2ccc(CC(F)(F)C(=O)O)nc2)c1. The molecule has 4 aromatic heterocycles. The number of carboxylic acid groups (broad SMARTS) is 2. The molecule has 0 radical (unpaired) electrons. The molecule has 0 saturated heterocycles. The molecule has 0 aliphatic rings. The van der Waals surface area contributed by atoms with Gasteiger partial charge in [0.25, 0.3) is 0 Å². The maximum atomic E-state index is 13.3. The summed E-state index contributed by atoms with van der Waals surface area (Å²) in [6, 6.07) is 17.6. The van der Waals surface area contributed by atoms with E-state index in [1.807, 2.05) is 6.07 Å². The van der Waals surface area contributed by atoms with Crippen LogP contribution in [0.1, 0.15) is 33.9 Å². The molecule has 61 heavy (non-hydrogen) atoms. The Hall–Kier alpha value is -7.45. The molecule has 0 amide bonds. The van der Waals surface area contributed by atoms with Crippen molar-refractivity contribution in [2.45, 2.75) is 38.5 Å². The number of nitrogens with one attached hydrogen (secondary N) is 2. The van der Waals surface area contributed by atoms with Gasteiger partial charge < -0.3 is 20.8 Å². The van der Waals surface area contributed by atoms with E-state index >= 15 is 0 Å². The molecule has 0 atom stereocenters. The molecule has 6 aromatic rings. The Labute approximate surface area is 339 Å². The van der Waals surface area contributed by atoms with Gasteiger partial charge in [-0.15, -0.1) is 0 Å².